The Morgan fingerprint density at radius 1 is 1.17 bits per heavy atom. The molecule has 1 heterocycles. The lowest BCUT2D eigenvalue weighted by molar-refractivity contribution is 0.100. The Morgan fingerprint density at radius 3 is 2.70 bits per heavy atom. The Hall–Kier alpha value is -2.04. The van der Waals surface area contributed by atoms with Gasteiger partial charge < -0.3 is 16.2 Å². The number of nitrogens with zero attached hydrogens (tertiary/aromatic N) is 2. The van der Waals surface area contributed by atoms with Crippen LogP contribution in [-0.2, 0) is 0 Å². The SMILES string of the molecule is CCCC(Oc1cccc2nc(N)nc(N)c12)C1CCCCC1. The first kappa shape index (κ1) is 15.8. The van der Waals surface area contributed by atoms with Gasteiger partial charge in [-0.25, -0.2) is 4.98 Å². The molecule has 0 saturated heterocycles. The molecule has 124 valence electrons. The largest absolute Gasteiger partial charge is 0.489 e. The molecule has 1 unspecified atom stereocenters. The summed E-state index contributed by atoms with van der Waals surface area (Å²) >= 11 is 0. The molecule has 23 heavy (non-hydrogen) atoms. The van der Waals surface area contributed by atoms with Crippen molar-refractivity contribution in [2.45, 2.75) is 58.0 Å². The average molecular weight is 314 g/mol. The molecule has 1 atom stereocenters. The van der Waals surface area contributed by atoms with Crippen LogP contribution in [0.15, 0.2) is 18.2 Å². The van der Waals surface area contributed by atoms with Crippen LogP contribution in [0.5, 0.6) is 5.75 Å². The highest BCUT2D eigenvalue weighted by atomic mass is 16.5. The van der Waals surface area contributed by atoms with E-state index in [1.54, 1.807) is 0 Å². The summed E-state index contributed by atoms with van der Waals surface area (Å²) in [4.78, 5) is 8.36. The zero-order chi connectivity index (χ0) is 16.2. The molecule has 0 amide bonds. The van der Waals surface area contributed by atoms with Crippen molar-refractivity contribution in [2.24, 2.45) is 5.92 Å². The van der Waals surface area contributed by atoms with Crippen molar-refractivity contribution in [3.63, 3.8) is 0 Å². The Bertz CT molecular complexity index is 667. The Balaban J connectivity index is 1.92. The lowest BCUT2D eigenvalue weighted by Crippen LogP contribution is -2.29. The maximum absolute atomic E-state index is 6.43. The highest BCUT2D eigenvalue weighted by Gasteiger charge is 2.25. The van der Waals surface area contributed by atoms with E-state index < -0.39 is 0 Å². The first-order valence-electron chi connectivity index (χ1n) is 8.67. The van der Waals surface area contributed by atoms with Crippen LogP contribution in [0.1, 0.15) is 51.9 Å². The normalized spacial score (nSPS) is 17.3. The van der Waals surface area contributed by atoms with Crippen molar-refractivity contribution in [2.75, 3.05) is 11.5 Å². The van der Waals surface area contributed by atoms with Crippen LogP contribution >= 0.6 is 0 Å². The molecule has 4 N–H and O–H groups in total. The molecule has 5 heteroatoms. The standard InChI is InChI=1S/C18H26N4O/c1-2-7-14(12-8-4-3-5-9-12)23-15-11-6-10-13-16(15)17(19)22-18(20)21-13/h6,10-12,14H,2-5,7-9H2,1H3,(H4,19,20,21,22). The molecule has 1 saturated carbocycles. The molecule has 0 bridgehead atoms. The molecule has 0 radical (unpaired) electrons. The molecule has 0 aliphatic heterocycles. The number of hydrogen-bond donors (Lipinski definition) is 2. The minimum absolute atomic E-state index is 0.199. The number of anilines is 2. The third-order valence-electron chi connectivity index (χ3n) is 4.76. The summed E-state index contributed by atoms with van der Waals surface area (Å²) in [6, 6.07) is 5.79. The summed E-state index contributed by atoms with van der Waals surface area (Å²) in [5.74, 6) is 2.01. The van der Waals surface area contributed by atoms with E-state index in [0.29, 0.717) is 11.7 Å². The second kappa shape index (κ2) is 7.02. The van der Waals surface area contributed by atoms with Gasteiger partial charge >= 0.3 is 0 Å². The van der Waals surface area contributed by atoms with Gasteiger partial charge in [0.25, 0.3) is 0 Å². The summed E-state index contributed by atoms with van der Waals surface area (Å²) in [7, 11) is 0. The van der Waals surface area contributed by atoms with Crippen molar-refractivity contribution < 1.29 is 4.74 Å². The number of nitrogens with two attached hydrogens (primary N) is 2. The van der Waals surface area contributed by atoms with Gasteiger partial charge in [-0.15, -0.1) is 0 Å². The summed E-state index contributed by atoms with van der Waals surface area (Å²) < 4.78 is 6.43. The number of nitrogen functional groups attached to an aromatic ring is 2. The van der Waals surface area contributed by atoms with Crippen molar-refractivity contribution in [1.82, 2.24) is 9.97 Å². The van der Waals surface area contributed by atoms with Crippen LogP contribution in [0, 0.1) is 5.92 Å². The molecule has 1 fully saturated rings. The monoisotopic (exact) mass is 314 g/mol. The second-order valence-corrected chi connectivity index (χ2v) is 6.46. The molecular formula is C18H26N4O. The maximum Gasteiger partial charge on any atom is 0.222 e. The smallest absolute Gasteiger partial charge is 0.222 e. The lowest BCUT2D eigenvalue weighted by Gasteiger charge is -2.31. The predicted octanol–water partition coefficient (Wildman–Crippen LogP) is 3.92. The highest BCUT2D eigenvalue weighted by Crippen LogP contribution is 2.35. The third kappa shape index (κ3) is 3.49. The van der Waals surface area contributed by atoms with E-state index in [1.807, 2.05) is 18.2 Å². The maximum atomic E-state index is 6.43. The van der Waals surface area contributed by atoms with Gasteiger partial charge in [0.05, 0.1) is 10.9 Å². The summed E-state index contributed by atoms with van der Waals surface area (Å²) in [6.07, 6.45) is 8.91. The number of hydrogen-bond acceptors (Lipinski definition) is 5. The van der Waals surface area contributed by atoms with Crippen molar-refractivity contribution >= 4 is 22.7 Å². The fourth-order valence-electron chi connectivity index (χ4n) is 3.64. The molecule has 2 aromatic rings. The van der Waals surface area contributed by atoms with E-state index in [2.05, 4.69) is 16.9 Å². The van der Waals surface area contributed by atoms with E-state index in [0.717, 1.165) is 29.5 Å². The quantitative estimate of drug-likeness (QED) is 0.873. The summed E-state index contributed by atoms with van der Waals surface area (Å²) in [5.41, 5.74) is 12.5. The van der Waals surface area contributed by atoms with E-state index in [9.17, 15) is 0 Å². The Labute approximate surface area is 137 Å². The Morgan fingerprint density at radius 2 is 1.96 bits per heavy atom. The van der Waals surface area contributed by atoms with Crippen LogP contribution in [0.3, 0.4) is 0 Å². The van der Waals surface area contributed by atoms with Crippen LogP contribution in [0.25, 0.3) is 10.9 Å². The topological polar surface area (TPSA) is 87.0 Å². The van der Waals surface area contributed by atoms with Crippen LogP contribution < -0.4 is 16.2 Å². The molecule has 5 nitrogen and oxygen atoms in total. The van der Waals surface area contributed by atoms with Gasteiger partial charge in [-0.1, -0.05) is 38.7 Å². The van der Waals surface area contributed by atoms with Gasteiger partial charge in [0, 0.05) is 0 Å². The Kier molecular flexibility index (Phi) is 4.84. The minimum Gasteiger partial charge on any atom is -0.489 e. The minimum atomic E-state index is 0.199. The average Bonchev–Trinajstić information content (AvgIpc) is 2.55. The number of fused-ring (bicyclic) bond motifs is 1. The first-order valence-corrected chi connectivity index (χ1v) is 8.67. The summed E-state index contributed by atoms with van der Waals surface area (Å²) in [5, 5.41) is 0.776. The lowest BCUT2D eigenvalue weighted by atomic mass is 9.83. The molecule has 3 rings (SSSR count). The van der Waals surface area contributed by atoms with E-state index in [-0.39, 0.29) is 12.1 Å². The predicted molar refractivity (Wildman–Crippen MR) is 94.3 cm³/mol. The molecule has 1 aromatic carbocycles. The van der Waals surface area contributed by atoms with E-state index in [1.165, 1.54) is 32.1 Å². The zero-order valence-corrected chi connectivity index (χ0v) is 13.8. The molecule has 1 aliphatic carbocycles. The van der Waals surface area contributed by atoms with Crippen LogP contribution in [-0.4, -0.2) is 16.1 Å². The van der Waals surface area contributed by atoms with Crippen molar-refractivity contribution in [3.05, 3.63) is 18.2 Å². The van der Waals surface area contributed by atoms with Crippen molar-refractivity contribution in [3.8, 4) is 5.75 Å². The van der Waals surface area contributed by atoms with Gasteiger partial charge in [0.1, 0.15) is 17.7 Å². The fraction of sp³-hybridized carbons (Fsp3) is 0.556. The fourth-order valence-corrected chi connectivity index (χ4v) is 3.64. The number of benzene rings is 1. The number of ether oxygens (including phenoxy) is 1. The van der Waals surface area contributed by atoms with Gasteiger partial charge in [0.15, 0.2) is 0 Å². The van der Waals surface area contributed by atoms with Crippen LogP contribution in [0.4, 0.5) is 11.8 Å². The van der Waals surface area contributed by atoms with Gasteiger partial charge in [-0.2, -0.15) is 4.98 Å². The molecular weight excluding hydrogens is 288 g/mol. The van der Waals surface area contributed by atoms with Crippen molar-refractivity contribution in [1.29, 1.82) is 0 Å². The van der Waals surface area contributed by atoms with E-state index in [4.69, 9.17) is 16.2 Å². The molecule has 1 aliphatic rings. The molecule has 1 aromatic heterocycles. The summed E-state index contributed by atoms with van der Waals surface area (Å²) in [6.45, 7) is 2.21. The van der Waals surface area contributed by atoms with Crippen LogP contribution in [0.2, 0.25) is 0 Å². The number of aromatic nitrogens is 2. The van der Waals surface area contributed by atoms with Gasteiger partial charge in [0.2, 0.25) is 5.95 Å². The molecule has 0 spiro atoms. The highest BCUT2D eigenvalue weighted by molar-refractivity contribution is 5.94. The van der Waals surface area contributed by atoms with Gasteiger partial charge in [-0.3, -0.25) is 0 Å². The van der Waals surface area contributed by atoms with Gasteiger partial charge in [-0.05, 0) is 37.3 Å². The number of rotatable bonds is 5. The second-order valence-electron chi connectivity index (χ2n) is 6.46. The van der Waals surface area contributed by atoms with E-state index >= 15 is 0 Å². The first-order chi connectivity index (χ1) is 11.2. The zero-order valence-electron chi connectivity index (χ0n) is 13.8. The third-order valence-corrected chi connectivity index (χ3v) is 4.76.